The van der Waals surface area contributed by atoms with Crippen molar-refractivity contribution < 1.29 is 9.31 Å². The van der Waals surface area contributed by atoms with Crippen molar-refractivity contribution in [1.82, 2.24) is 4.98 Å². The lowest BCUT2D eigenvalue weighted by molar-refractivity contribution is -0.384. The van der Waals surface area contributed by atoms with Gasteiger partial charge < -0.3 is 10.7 Å². The van der Waals surface area contributed by atoms with E-state index < -0.39 is 4.92 Å². The van der Waals surface area contributed by atoms with Gasteiger partial charge in [0, 0.05) is 5.69 Å². The monoisotopic (exact) mass is 277 g/mol. The molecule has 0 amide bonds. The molecule has 2 rings (SSSR count). The third-order valence-corrected chi connectivity index (χ3v) is 2.62. The fraction of sp³-hybridized carbons (Fsp3) is 0.0833. The molecule has 0 saturated heterocycles. The SMILES string of the molecule is Cc1cc(F)ccc1Nc1cc([N+](=O)[O-])cc(NN)n1. The molecule has 0 aliphatic rings. The molecular formula is C12H12FN5O2. The summed E-state index contributed by atoms with van der Waals surface area (Å²) in [7, 11) is 0. The summed E-state index contributed by atoms with van der Waals surface area (Å²) in [6.07, 6.45) is 0. The minimum Gasteiger partial charge on any atom is -0.340 e. The van der Waals surface area contributed by atoms with Crippen molar-refractivity contribution in [3.8, 4) is 0 Å². The normalized spacial score (nSPS) is 10.2. The molecular weight excluding hydrogens is 265 g/mol. The number of aryl methyl sites for hydroxylation is 1. The van der Waals surface area contributed by atoms with Crippen LogP contribution in [0, 0.1) is 22.9 Å². The summed E-state index contributed by atoms with van der Waals surface area (Å²) >= 11 is 0. The Morgan fingerprint density at radius 2 is 2.00 bits per heavy atom. The number of aromatic nitrogens is 1. The Morgan fingerprint density at radius 1 is 1.30 bits per heavy atom. The van der Waals surface area contributed by atoms with Gasteiger partial charge in [-0.05, 0) is 30.7 Å². The van der Waals surface area contributed by atoms with Gasteiger partial charge in [0.2, 0.25) is 0 Å². The third-order valence-electron chi connectivity index (χ3n) is 2.62. The lowest BCUT2D eigenvalue weighted by Gasteiger charge is -2.10. The number of pyridine rings is 1. The molecule has 0 fully saturated rings. The molecule has 2 aromatic rings. The van der Waals surface area contributed by atoms with Gasteiger partial charge in [0.15, 0.2) is 0 Å². The zero-order valence-corrected chi connectivity index (χ0v) is 10.6. The van der Waals surface area contributed by atoms with Crippen LogP contribution in [0.4, 0.5) is 27.4 Å². The number of nitrogen functional groups attached to an aromatic ring is 1. The first-order valence-electron chi connectivity index (χ1n) is 5.66. The predicted octanol–water partition coefficient (Wildman–Crippen LogP) is 2.47. The molecule has 104 valence electrons. The highest BCUT2D eigenvalue weighted by atomic mass is 19.1. The van der Waals surface area contributed by atoms with Gasteiger partial charge in [0.1, 0.15) is 17.5 Å². The van der Waals surface area contributed by atoms with Crippen molar-refractivity contribution >= 4 is 23.0 Å². The summed E-state index contributed by atoms with van der Waals surface area (Å²) in [4.78, 5) is 14.3. The van der Waals surface area contributed by atoms with E-state index in [0.29, 0.717) is 11.3 Å². The number of nitrogens with two attached hydrogens (primary N) is 1. The van der Waals surface area contributed by atoms with E-state index in [4.69, 9.17) is 5.84 Å². The highest BCUT2D eigenvalue weighted by molar-refractivity contribution is 5.64. The van der Waals surface area contributed by atoms with E-state index in [2.05, 4.69) is 15.7 Å². The molecule has 0 aliphatic carbocycles. The number of hydrogen-bond acceptors (Lipinski definition) is 6. The van der Waals surface area contributed by atoms with Gasteiger partial charge in [0.05, 0.1) is 17.1 Å². The maximum absolute atomic E-state index is 13.0. The molecule has 1 aromatic carbocycles. The third kappa shape index (κ3) is 2.98. The molecule has 0 saturated carbocycles. The first kappa shape index (κ1) is 13.7. The minimum atomic E-state index is -0.550. The zero-order chi connectivity index (χ0) is 14.7. The number of anilines is 3. The maximum Gasteiger partial charge on any atom is 0.276 e. The molecule has 0 radical (unpaired) electrons. The van der Waals surface area contributed by atoms with E-state index in [1.165, 1.54) is 30.3 Å². The summed E-state index contributed by atoms with van der Waals surface area (Å²) in [6, 6.07) is 6.64. The second-order valence-corrected chi connectivity index (χ2v) is 4.08. The standard InChI is InChI=1S/C12H12FN5O2/c1-7-4-8(13)2-3-10(7)15-11-5-9(18(19)20)6-12(16-11)17-14/h2-6H,14H2,1H3,(H2,15,16,17). The number of halogens is 1. The molecule has 0 atom stereocenters. The van der Waals surface area contributed by atoms with Crippen LogP contribution in [-0.2, 0) is 0 Å². The van der Waals surface area contributed by atoms with Crippen molar-refractivity contribution in [2.45, 2.75) is 6.92 Å². The molecule has 4 N–H and O–H groups in total. The van der Waals surface area contributed by atoms with Crippen molar-refractivity contribution in [1.29, 1.82) is 0 Å². The summed E-state index contributed by atoms with van der Waals surface area (Å²) < 4.78 is 13.0. The van der Waals surface area contributed by atoms with Gasteiger partial charge in [-0.15, -0.1) is 0 Å². The Hall–Kier alpha value is -2.74. The highest BCUT2D eigenvalue weighted by Crippen LogP contribution is 2.25. The quantitative estimate of drug-likeness (QED) is 0.450. The Balaban J connectivity index is 2.37. The molecule has 8 heteroatoms. The predicted molar refractivity (Wildman–Crippen MR) is 73.1 cm³/mol. The molecule has 1 heterocycles. The van der Waals surface area contributed by atoms with Crippen LogP contribution in [0.2, 0.25) is 0 Å². The molecule has 7 nitrogen and oxygen atoms in total. The van der Waals surface area contributed by atoms with E-state index in [1.807, 2.05) is 0 Å². The highest BCUT2D eigenvalue weighted by Gasteiger charge is 2.11. The first-order valence-corrected chi connectivity index (χ1v) is 5.66. The lowest BCUT2D eigenvalue weighted by Crippen LogP contribution is -2.10. The van der Waals surface area contributed by atoms with Gasteiger partial charge in [0.25, 0.3) is 5.69 Å². The van der Waals surface area contributed by atoms with Gasteiger partial charge in [-0.3, -0.25) is 10.1 Å². The van der Waals surface area contributed by atoms with E-state index in [0.717, 1.165) is 0 Å². The maximum atomic E-state index is 13.0. The lowest BCUT2D eigenvalue weighted by atomic mass is 10.2. The van der Waals surface area contributed by atoms with Crippen LogP contribution < -0.4 is 16.6 Å². The van der Waals surface area contributed by atoms with E-state index >= 15 is 0 Å². The molecule has 0 aliphatic heterocycles. The second-order valence-electron chi connectivity index (χ2n) is 4.08. The molecule has 1 aromatic heterocycles. The van der Waals surface area contributed by atoms with Crippen LogP contribution in [0.1, 0.15) is 5.56 Å². The van der Waals surface area contributed by atoms with E-state index in [1.54, 1.807) is 6.92 Å². The smallest absolute Gasteiger partial charge is 0.276 e. The minimum absolute atomic E-state index is 0.154. The fourth-order valence-corrected chi connectivity index (χ4v) is 1.66. The Bertz CT molecular complexity index is 662. The van der Waals surface area contributed by atoms with Crippen LogP contribution in [0.25, 0.3) is 0 Å². The van der Waals surface area contributed by atoms with Gasteiger partial charge in [-0.25, -0.2) is 15.2 Å². The second kappa shape index (κ2) is 5.49. The summed E-state index contributed by atoms with van der Waals surface area (Å²) in [5.74, 6) is 5.25. The number of hydrazine groups is 1. The average molecular weight is 277 g/mol. The van der Waals surface area contributed by atoms with Crippen LogP contribution in [0.3, 0.4) is 0 Å². The summed E-state index contributed by atoms with van der Waals surface area (Å²) in [5, 5.41) is 13.7. The van der Waals surface area contributed by atoms with Crippen molar-refractivity contribution in [3.63, 3.8) is 0 Å². The number of benzene rings is 1. The molecule has 0 unspecified atom stereocenters. The number of nitrogens with one attached hydrogen (secondary N) is 2. The summed E-state index contributed by atoms with van der Waals surface area (Å²) in [5.41, 5.74) is 3.35. The first-order chi connectivity index (χ1) is 9.49. The zero-order valence-electron chi connectivity index (χ0n) is 10.6. The largest absolute Gasteiger partial charge is 0.340 e. The van der Waals surface area contributed by atoms with Crippen LogP contribution in [0.15, 0.2) is 30.3 Å². The van der Waals surface area contributed by atoms with E-state index in [-0.39, 0.29) is 23.1 Å². The van der Waals surface area contributed by atoms with Gasteiger partial charge in [-0.1, -0.05) is 0 Å². The topological polar surface area (TPSA) is 106 Å². The number of nitrogens with zero attached hydrogens (tertiary/aromatic N) is 2. The van der Waals surface area contributed by atoms with Gasteiger partial charge >= 0.3 is 0 Å². The average Bonchev–Trinajstić information content (AvgIpc) is 2.41. The number of hydrogen-bond donors (Lipinski definition) is 3. The van der Waals surface area contributed by atoms with Crippen molar-refractivity contribution in [2.24, 2.45) is 5.84 Å². The van der Waals surface area contributed by atoms with Crippen molar-refractivity contribution in [3.05, 3.63) is 51.8 Å². The van der Waals surface area contributed by atoms with Crippen molar-refractivity contribution in [2.75, 3.05) is 10.7 Å². The number of nitro groups is 1. The fourth-order valence-electron chi connectivity index (χ4n) is 1.66. The van der Waals surface area contributed by atoms with Crippen LogP contribution in [0.5, 0.6) is 0 Å². The Morgan fingerprint density at radius 3 is 2.60 bits per heavy atom. The Labute approximate surface area is 113 Å². The van der Waals surface area contributed by atoms with Gasteiger partial charge in [-0.2, -0.15) is 0 Å². The van der Waals surface area contributed by atoms with Crippen LogP contribution in [-0.4, -0.2) is 9.91 Å². The van der Waals surface area contributed by atoms with E-state index in [9.17, 15) is 14.5 Å². The molecule has 0 spiro atoms. The number of rotatable bonds is 4. The molecule has 0 bridgehead atoms. The van der Waals surface area contributed by atoms with Crippen LogP contribution >= 0.6 is 0 Å². The summed E-state index contributed by atoms with van der Waals surface area (Å²) in [6.45, 7) is 1.71. The Kier molecular flexibility index (Phi) is 3.76. The molecule has 20 heavy (non-hydrogen) atoms.